The van der Waals surface area contributed by atoms with Crippen LogP contribution in [-0.2, 0) is 17.1 Å². The van der Waals surface area contributed by atoms with Crippen molar-refractivity contribution in [1.29, 1.82) is 0 Å². The van der Waals surface area contributed by atoms with E-state index in [1.54, 1.807) is 0 Å². The van der Waals surface area contributed by atoms with E-state index in [0.717, 1.165) is 21.9 Å². The van der Waals surface area contributed by atoms with Gasteiger partial charge in [0.2, 0.25) is 5.91 Å². The van der Waals surface area contributed by atoms with Crippen LogP contribution in [0.4, 0.5) is 42.2 Å². The highest BCUT2D eigenvalue weighted by molar-refractivity contribution is 5.99. The fourth-order valence-electron chi connectivity index (χ4n) is 3.29. The summed E-state index contributed by atoms with van der Waals surface area (Å²) < 4.78 is 92.0. The zero-order chi connectivity index (χ0) is 23.1. The molecule has 3 rings (SSSR count). The summed E-state index contributed by atoms with van der Waals surface area (Å²) in [5.74, 6) is -2.00. The van der Waals surface area contributed by atoms with Crippen LogP contribution in [0.15, 0.2) is 36.4 Å². The fraction of sp³-hybridized carbons (Fsp3) is 0.368. The highest BCUT2D eigenvalue weighted by Crippen LogP contribution is 2.38. The predicted octanol–water partition coefficient (Wildman–Crippen LogP) is 3.86. The van der Waals surface area contributed by atoms with Gasteiger partial charge in [0, 0.05) is 25.7 Å². The third kappa shape index (κ3) is 4.89. The number of rotatable bonds is 3. The number of benzene rings is 1. The zero-order valence-corrected chi connectivity index (χ0v) is 15.9. The van der Waals surface area contributed by atoms with Gasteiger partial charge in [-0.25, -0.2) is 9.37 Å². The number of alkyl halides is 6. The molecule has 1 aliphatic rings. The monoisotopic (exact) mass is 451 g/mol. The maximum Gasteiger partial charge on any atom is 0.433 e. The van der Waals surface area contributed by atoms with Gasteiger partial charge in [-0.3, -0.25) is 4.79 Å². The Morgan fingerprint density at radius 3 is 2.26 bits per heavy atom. The molecule has 1 N–H and O–H groups in total. The van der Waals surface area contributed by atoms with Gasteiger partial charge >= 0.3 is 12.4 Å². The smallest absolute Gasteiger partial charge is 0.391 e. The topological polar surface area (TPSA) is 56.7 Å². The summed E-state index contributed by atoms with van der Waals surface area (Å²) in [5, 5.41) is 9.99. The van der Waals surface area contributed by atoms with Gasteiger partial charge in [-0.05, 0) is 36.4 Å². The molecule has 1 aromatic heterocycles. The van der Waals surface area contributed by atoms with E-state index < -0.39 is 53.3 Å². The third-order valence-corrected chi connectivity index (χ3v) is 4.83. The van der Waals surface area contributed by atoms with E-state index in [4.69, 9.17) is 0 Å². The van der Waals surface area contributed by atoms with Crippen LogP contribution in [0.1, 0.15) is 17.7 Å². The molecule has 2 heterocycles. The molecule has 1 aromatic carbocycles. The standard InChI is InChI=1S/C19H16F7N3O2/c1-28(12-4-2-11(20)3-5-12)17(31)14-8-13(30)9-29(14)16-7-10(18(21,22)23)6-15(27-16)19(24,25)26/h2-7,13-14,30H,8-9H2,1H3/t13-,14-/m0/s1. The summed E-state index contributed by atoms with van der Waals surface area (Å²) >= 11 is 0. The summed E-state index contributed by atoms with van der Waals surface area (Å²) in [4.78, 5) is 18.2. The van der Waals surface area contributed by atoms with Crippen molar-refractivity contribution in [3.63, 3.8) is 0 Å². The number of hydrogen-bond acceptors (Lipinski definition) is 4. The number of carbonyl (C=O) groups excluding carboxylic acids is 1. The van der Waals surface area contributed by atoms with Gasteiger partial charge in [-0.1, -0.05) is 0 Å². The van der Waals surface area contributed by atoms with Gasteiger partial charge in [0.25, 0.3) is 0 Å². The van der Waals surface area contributed by atoms with Crippen molar-refractivity contribution in [1.82, 2.24) is 4.98 Å². The highest BCUT2D eigenvalue weighted by atomic mass is 19.4. The maximum atomic E-state index is 13.2. The Morgan fingerprint density at radius 1 is 1.10 bits per heavy atom. The number of pyridine rings is 1. The molecule has 1 saturated heterocycles. The number of β-amino-alcohol motifs (C(OH)–C–C–N with tert-alkyl or cyclic N) is 1. The minimum atomic E-state index is -5.15. The fourth-order valence-corrected chi connectivity index (χ4v) is 3.29. The molecule has 2 aromatic rings. The molecule has 5 nitrogen and oxygen atoms in total. The number of likely N-dealkylation sites (N-methyl/N-ethyl adjacent to an activating group) is 1. The van der Waals surface area contributed by atoms with Crippen LogP contribution in [0.25, 0.3) is 0 Å². The van der Waals surface area contributed by atoms with E-state index in [0.29, 0.717) is 6.07 Å². The molecular formula is C19H16F7N3O2. The molecular weight excluding hydrogens is 435 g/mol. The van der Waals surface area contributed by atoms with E-state index in [1.165, 1.54) is 19.2 Å². The largest absolute Gasteiger partial charge is 0.433 e. The van der Waals surface area contributed by atoms with E-state index in [1.807, 2.05) is 0 Å². The Labute approximate surface area is 171 Å². The molecule has 0 radical (unpaired) electrons. The lowest BCUT2D eigenvalue weighted by molar-refractivity contribution is -0.145. The number of aromatic nitrogens is 1. The quantitative estimate of drug-likeness (QED) is 0.721. The molecule has 0 saturated carbocycles. The van der Waals surface area contributed by atoms with Crippen molar-refractivity contribution in [3.05, 3.63) is 53.5 Å². The summed E-state index contributed by atoms with van der Waals surface area (Å²) in [6, 6.07) is 3.76. The summed E-state index contributed by atoms with van der Waals surface area (Å²) in [6.45, 7) is -0.390. The Morgan fingerprint density at radius 2 is 1.71 bits per heavy atom. The van der Waals surface area contributed by atoms with Crippen molar-refractivity contribution in [2.24, 2.45) is 0 Å². The average molecular weight is 451 g/mol. The first-order valence-corrected chi connectivity index (χ1v) is 8.91. The number of aliphatic hydroxyl groups excluding tert-OH is 1. The number of anilines is 2. The van der Waals surface area contributed by atoms with E-state index >= 15 is 0 Å². The van der Waals surface area contributed by atoms with E-state index in [-0.39, 0.29) is 24.7 Å². The molecule has 1 fully saturated rings. The number of hydrogen-bond donors (Lipinski definition) is 1. The summed E-state index contributed by atoms with van der Waals surface area (Å²) in [5.41, 5.74) is -3.10. The lowest BCUT2D eigenvalue weighted by atomic mass is 10.1. The number of carbonyl (C=O) groups is 1. The number of amides is 1. The second-order valence-corrected chi connectivity index (χ2v) is 7.03. The minimum Gasteiger partial charge on any atom is -0.391 e. The second kappa shape index (κ2) is 7.98. The first-order valence-electron chi connectivity index (χ1n) is 8.91. The van der Waals surface area contributed by atoms with Gasteiger partial charge in [0.15, 0.2) is 0 Å². The van der Waals surface area contributed by atoms with Gasteiger partial charge in [0.1, 0.15) is 23.4 Å². The normalized spacial score (nSPS) is 19.6. The molecule has 0 spiro atoms. The molecule has 0 unspecified atom stereocenters. The molecule has 0 aliphatic carbocycles. The summed E-state index contributed by atoms with van der Waals surface area (Å²) in [7, 11) is 1.32. The number of nitrogens with zero attached hydrogens (tertiary/aromatic N) is 3. The lowest BCUT2D eigenvalue weighted by Gasteiger charge is -2.29. The van der Waals surface area contributed by atoms with Crippen LogP contribution < -0.4 is 9.80 Å². The molecule has 168 valence electrons. The van der Waals surface area contributed by atoms with Crippen molar-refractivity contribution >= 4 is 17.4 Å². The Hall–Kier alpha value is -2.89. The van der Waals surface area contributed by atoms with E-state index in [9.17, 15) is 40.6 Å². The highest BCUT2D eigenvalue weighted by Gasteiger charge is 2.42. The van der Waals surface area contributed by atoms with E-state index in [2.05, 4.69) is 4.98 Å². The van der Waals surface area contributed by atoms with Crippen LogP contribution in [0.2, 0.25) is 0 Å². The zero-order valence-electron chi connectivity index (χ0n) is 15.9. The predicted molar refractivity (Wildman–Crippen MR) is 95.8 cm³/mol. The Bertz CT molecular complexity index is 928. The third-order valence-electron chi connectivity index (χ3n) is 4.83. The van der Waals surface area contributed by atoms with Crippen molar-refractivity contribution in [2.75, 3.05) is 23.4 Å². The van der Waals surface area contributed by atoms with Crippen LogP contribution in [0, 0.1) is 5.82 Å². The second-order valence-electron chi connectivity index (χ2n) is 7.03. The van der Waals surface area contributed by atoms with Crippen LogP contribution >= 0.6 is 0 Å². The van der Waals surface area contributed by atoms with Crippen molar-refractivity contribution in [2.45, 2.75) is 30.9 Å². The molecule has 31 heavy (non-hydrogen) atoms. The molecule has 2 atom stereocenters. The van der Waals surface area contributed by atoms with Gasteiger partial charge < -0.3 is 14.9 Å². The number of aliphatic hydroxyl groups is 1. The first-order chi connectivity index (χ1) is 14.3. The molecule has 1 aliphatic heterocycles. The van der Waals surface area contributed by atoms with Crippen LogP contribution in [-0.4, -0.2) is 41.7 Å². The lowest BCUT2D eigenvalue weighted by Crippen LogP contribution is -2.45. The van der Waals surface area contributed by atoms with Crippen LogP contribution in [0.3, 0.4) is 0 Å². The molecule has 12 heteroatoms. The van der Waals surface area contributed by atoms with Crippen molar-refractivity contribution < 1.29 is 40.6 Å². The van der Waals surface area contributed by atoms with Gasteiger partial charge in [-0.15, -0.1) is 0 Å². The molecule has 0 bridgehead atoms. The number of halogens is 7. The SMILES string of the molecule is CN(C(=O)[C@@H]1C[C@H](O)CN1c1cc(C(F)(F)F)cc(C(F)(F)F)n1)c1ccc(F)cc1. The van der Waals surface area contributed by atoms with Crippen LogP contribution in [0.5, 0.6) is 0 Å². The maximum absolute atomic E-state index is 13.2. The van der Waals surface area contributed by atoms with Crippen molar-refractivity contribution in [3.8, 4) is 0 Å². The van der Waals surface area contributed by atoms with Gasteiger partial charge in [0.05, 0.1) is 11.7 Å². The summed E-state index contributed by atoms with van der Waals surface area (Å²) in [6.07, 6.45) is -11.6. The molecule has 1 amide bonds. The minimum absolute atomic E-state index is 0.114. The first kappa shape index (κ1) is 22.8. The Kier molecular flexibility index (Phi) is 5.87. The average Bonchev–Trinajstić information content (AvgIpc) is 3.07. The van der Waals surface area contributed by atoms with Gasteiger partial charge in [-0.2, -0.15) is 26.3 Å². The Balaban J connectivity index is 2.00.